The lowest BCUT2D eigenvalue weighted by Crippen LogP contribution is -2.29. The molecular formula is C12H22N4. The van der Waals surface area contributed by atoms with Crippen LogP contribution in [0.25, 0.3) is 0 Å². The molecule has 3 N–H and O–H groups in total. The van der Waals surface area contributed by atoms with Crippen LogP contribution in [0.4, 0.5) is 0 Å². The zero-order chi connectivity index (χ0) is 11.8. The highest BCUT2D eigenvalue weighted by Crippen LogP contribution is 2.18. The lowest BCUT2D eigenvalue weighted by molar-refractivity contribution is 0.464. The second-order valence-electron chi connectivity index (χ2n) is 4.08. The summed E-state index contributed by atoms with van der Waals surface area (Å²) in [4.78, 5) is 4.10. The molecule has 1 heterocycles. The molecule has 0 aromatic carbocycles. The maximum absolute atomic E-state index is 5.57. The van der Waals surface area contributed by atoms with Gasteiger partial charge in [-0.15, -0.1) is 6.58 Å². The number of hydrogen-bond donors (Lipinski definition) is 2. The Morgan fingerprint density at radius 3 is 2.94 bits per heavy atom. The molecule has 1 aromatic rings. The van der Waals surface area contributed by atoms with Gasteiger partial charge >= 0.3 is 0 Å². The minimum Gasteiger partial charge on any atom is -0.336 e. The van der Waals surface area contributed by atoms with Crippen LogP contribution < -0.4 is 11.3 Å². The zero-order valence-electron chi connectivity index (χ0n) is 10.0. The van der Waals surface area contributed by atoms with Crippen molar-refractivity contribution in [2.45, 2.75) is 38.1 Å². The molecule has 0 amide bonds. The Morgan fingerprint density at radius 1 is 1.56 bits per heavy atom. The number of unbranched alkanes of at least 4 members (excludes halogenated alkanes) is 3. The summed E-state index contributed by atoms with van der Waals surface area (Å²) in [5, 5.41) is 0. The SMILES string of the molecule is C=CCCCCCC(NN)c1cncn1C. The summed E-state index contributed by atoms with van der Waals surface area (Å²) in [5.41, 5.74) is 4.00. The maximum atomic E-state index is 5.57. The van der Waals surface area contributed by atoms with Crippen molar-refractivity contribution in [3.63, 3.8) is 0 Å². The molecule has 1 rings (SSSR count). The standard InChI is InChI=1S/C12H22N4/c1-3-4-5-6-7-8-11(15-13)12-9-14-10-16(12)2/h3,9-11,15H,1,4-8,13H2,2H3. The molecule has 0 radical (unpaired) electrons. The Labute approximate surface area is 97.5 Å². The molecule has 0 bridgehead atoms. The summed E-state index contributed by atoms with van der Waals surface area (Å²) in [6, 6.07) is 0.205. The minimum absolute atomic E-state index is 0.205. The van der Waals surface area contributed by atoms with Crippen molar-refractivity contribution in [1.82, 2.24) is 15.0 Å². The van der Waals surface area contributed by atoms with Gasteiger partial charge in [0.2, 0.25) is 0 Å². The van der Waals surface area contributed by atoms with Gasteiger partial charge in [-0.05, 0) is 19.3 Å². The minimum atomic E-state index is 0.205. The summed E-state index contributed by atoms with van der Waals surface area (Å²) in [7, 11) is 1.99. The van der Waals surface area contributed by atoms with Crippen molar-refractivity contribution in [1.29, 1.82) is 0 Å². The van der Waals surface area contributed by atoms with E-state index in [0.717, 1.165) is 18.5 Å². The highest BCUT2D eigenvalue weighted by Gasteiger charge is 2.12. The number of allylic oxidation sites excluding steroid dienone is 1. The molecule has 90 valence electrons. The van der Waals surface area contributed by atoms with Crippen molar-refractivity contribution in [2.24, 2.45) is 12.9 Å². The lowest BCUT2D eigenvalue weighted by atomic mass is 10.1. The first-order valence-electron chi connectivity index (χ1n) is 5.82. The van der Waals surface area contributed by atoms with Crippen LogP contribution in [0, 0.1) is 0 Å². The van der Waals surface area contributed by atoms with Gasteiger partial charge < -0.3 is 4.57 Å². The lowest BCUT2D eigenvalue weighted by Gasteiger charge is -2.15. The average Bonchev–Trinajstić information content (AvgIpc) is 2.70. The van der Waals surface area contributed by atoms with E-state index in [9.17, 15) is 0 Å². The second-order valence-corrected chi connectivity index (χ2v) is 4.08. The fraction of sp³-hybridized carbons (Fsp3) is 0.583. The van der Waals surface area contributed by atoms with Gasteiger partial charge in [0.25, 0.3) is 0 Å². The van der Waals surface area contributed by atoms with Gasteiger partial charge in [-0.3, -0.25) is 11.3 Å². The van der Waals surface area contributed by atoms with E-state index in [4.69, 9.17) is 5.84 Å². The van der Waals surface area contributed by atoms with Crippen LogP contribution in [-0.2, 0) is 7.05 Å². The number of aromatic nitrogens is 2. The number of hydrazine groups is 1. The number of nitrogens with one attached hydrogen (secondary N) is 1. The van der Waals surface area contributed by atoms with Gasteiger partial charge in [-0.25, -0.2) is 4.98 Å². The number of hydrogen-bond acceptors (Lipinski definition) is 3. The van der Waals surface area contributed by atoms with E-state index in [1.807, 2.05) is 23.9 Å². The Hall–Kier alpha value is -1.13. The van der Waals surface area contributed by atoms with Crippen molar-refractivity contribution < 1.29 is 0 Å². The molecule has 0 aliphatic carbocycles. The molecule has 0 saturated heterocycles. The molecule has 0 fully saturated rings. The van der Waals surface area contributed by atoms with Gasteiger partial charge in [-0.2, -0.15) is 0 Å². The van der Waals surface area contributed by atoms with E-state index >= 15 is 0 Å². The first kappa shape index (κ1) is 12.9. The van der Waals surface area contributed by atoms with Crippen molar-refractivity contribution in [2.75, 3.05) is 0 Å². The third-order valence-corrected chi connectivity index (χ3v) is 2.81. The molecular weight excluding hydrogens is 200 g/mol. The molecule has 1 atom stereocenters. The van der Waals surface area contributed by atoms with Crippen LogP contribution in [0.2, 0.25) is 0 Å². The molecule has 1 unspecified atom stereocenters. The van der Waals surface area contributed by atoms with Crippen LogP contribution >= 0.6 is 0 Å². The van der Waals surface area contributed by atoms with E-state index in [1.54, 1.807) is 6.33 Å². The summed E-state index contributed by atoms with van der Waals surface area (Å²) >= 11 is 0. The molecule has 0 aliphatic rings. The third-order valence-electron chi connectivity index (χ3n) is 2.81. The van der Waals surface area contributed by atoms with Gasteiger partial charge in [0.1, 0.15) is 0 Å². The molecule has 0 aliphatic heterocycles. The molecule has 4 nitrogen and oxygen atoms in total. The zero-order valence-corrected chi connectivity index (χ0v) is 10.0. The summed E-state index contributed by atoms with van der Waals surface area (Å²) in [6.45, 7) is 3.72. The average molecular weight is 222 g/mol. The highest BCUT2D eigenvalue weighted by molar-refractivity contribution is 5.04. The molecule has 16 heavy (non-hydrogen) atoms. The fourth-order valence-corrected chi connectivity index (χ4v) is 1.83. The van der Waals surface area contributed by atoms with E-state index in [-0.39, 0.29) is 6.04 Å². The topological polar surface area (TPSA) is 55.9 Å². The summed E-state index contributed by atoms with van der Waals surface area (Å²) < 4.78 is 2.01. The number of rotatable bonds is 8. The maximum Gasteiger partial charge on any atom is 0.0946 e. The first-order valence-corrected chi connectivity index (χ1v) is 5.82. The quantitative estimate of drug-likeness (QED) is 0.306. The largest absolute Gasteiger partial charge is 0.336 e. The smallest absolute Gasteiger partial charge is 0.0946 e. The van der Waals surface area contributed by atoms with Gasteiger partial charge in [0.05, 0.1) is 18.1 Å². The van der Waals surface area contributed by atoms with E-state index in [2.05, 4.69) is 17.0 Å². The van der Waals surface area contributed by atoms with Gasteiger partial charge in [0, 0.05) is 13.2 Å². The monoisotopic (exact) mass is 222 g/mol. The normalized spacial score (nSPS) is 12.6. The summed E-state index contributed by atoms with van der Waals surface area (Å²) in [6.07, 6.45) is 11.4. The van der Waals surface area contributed by atoms with E-state index in [0.29, 0.717) is 0 Å². The van der Waals surface area contributed by atoms with Crippen molar-refractivity contribution in [3.8, 4) is 0 Å². The van der Waals surface area contributed by atoms with Crippen LogP contribution in [0.3, 0.4) is 0 Å². The Bertz CT molecular complexity index is 306. The predicted molar refractivity (Wildman–Crippen MR) is 66.6 cm³/mol. The Morgan fingerprint density at radius 2 is 2.38 bits per heavy atom. The Balaban J connectivity index is 2.33. The Kier molecular flexibility index (Phi) is 5.82. The van der Waals surface area contributed by atoms with Crippen LogP contribution in [-0.4, -0.2) is 9.55 Å². The van der Waals surface area contributed by atoms with E-state index in [1.165, 1.54) is 19.3 Å². The fourth-order valence-electron chi connectivity index (χ4n) is 1.83. The number of nitrogens with zero attached hydrogens (tertiary/aromatic N) is 2. The van der Waals surface area contributed by atoms with Crippen LogP contribution in [0.15, 0.2) is 25.2 Å². The van der Waals surface area contributed by atoms with E-state index < -0.39 is 0 Å². The van der Waals surface area contributed by atoms with Crippen LogP contribution in [0.5, 0.6) is 0 Å². The van der Waals surface area contributed by atoms with Gasteiger partial charge in [-0.1, -0.05) is 18.9 Å². The molecule has 0 saturated carbocycles. The van der Waals surface area contributed by atoms with Gasteiger partial charge in [0.15, 0.2) is 0 Å². The first-order chi connectivity index (χ1) is 7.79. The predicted octanol–water partition coefficient (Wildman–Crippen LogP) is 2.06. The highest BCUT2D eigenvalue weighted by atomic mass is 15.2. The number of aryl methyl sites for hydroxylation is 1. The summed E-state index contributed by atoms with van der Waals surface area (Å²) in [5.74, 6) is 5.57. The number of imidazole rings is 1. The molecule has 1 aromatic heterocycles. The van der Waals surface area contributed by atoms with Crippen molar-refractivity contribution >= 4 is 0 Å². The second kappa shape index (κ2) is 7.19. The molecule has 0 spiro atoms. The third kappa shape index (κ3) is 3.79. The van der Waals surface area contributed by atoms with Crippen LogP contribution in [0.1, 0.15) is 43.8 Å². The molecule has 4 heteroatoms. The number of nitrogens with two attached hydrogens (primary N) is 1. The van der Waals surface area contributed by atoms with Crippen molar-refractivity contribution in [3.05, 3.63) is 30.9 Å².